The van der Waals surface area contributed by atoms with E-state index in [1.807, 2.05) is 0 Å². The zero-order chi connectivity index (χ0) is 14.9. The lowest BCUT2D eigenvalue weighted by molar-refractivity contribution is -0.123. The molecule has 1 saturated heterocycles. The Bertz CT molecular complexity index is 636. The molecule has 1 aromatic rings. The third kappa shape index (κ3) is 2.79. The Morgan fingerprint density at radius 3 is 2.80 bits per heavy atom. The summed E-state index contributed by atoms with van der Waals surface area (Å²) in [4.78, 5) is 11.4. The number of rotatable bonds is 3. The zero-order valence-corrected chi connectivity index (χ0v) is 12.3. The van der Waals surface area contributed by atoms with Crippen molar-refractivity contribution in [3.8, 4) is 0 Å². The van der Waals surface area contributed by atoms with Gasteiger partial charge in [-0.3, -0.25) is 4.79 Å². The largest absolute Gasteiger partial charge is 0.359 e. The Labute approximate surface area is 121 Å². The molecule has 0 aromatic heterocycles. The maximum Gasteiger partial charge on any atom is 0.244 e. The predicted molar refractivity (Wildman–Crippen MR) is 72.3 cm³/mol. The molecule has 1 fully saturated rings. The molecule has 1 unspecified atom stereocenters. The molecule has 1 amide bonds. The Morgan fingerprint density at radius 2 is 2.20 bits per heavy atom. The van der Waals surface area contributed by atoms with Gasteiger partial charge >= 0.3 is 0 Å². The summed E-state index contributed by atoms with van der Waals surface area (Å²) >= 11 is 5.79. The van der Waals surface area contributed by atoms with Crippen LogP contribution in [-0.2, 0) is 14.8 Å². The van der Waals surface area contributed by atoms with Crippen molar-refractivity contribution < 1.29 is 17.6 Å². The molecule has 2 rings (SSSR count). The van der Waals surface area contributed by atoms with Crippen molar-refractivity contribution in [1.82, 2.24) is 9.62 Å². The summed E-state index contributed by atoms with van der Waals surface area (Å²) in [6, 6.07) is 3.14. The molecule has 1 aliphatic rings. The Balaban J connectivity index is 2.26. The normalized spacial score (nSPS) is 20.1. The second-order valence-corrected chi connectivity index (χ2v) is 6.85. The van der Waals surface area contributed by atoms with Crippen LogP contribution in [0.25, 0.3) is 0 Å². The topological polar surface area (TPSA) is 66.5 Å². The first-order valence-electron chi connectivity index (χ1n) is 6.03. The molecule has 1 N–H and O–H groups in total. The fourth-order valence-electron chi connectivity index (χ4n) is 2.19. The van der Waals surface area contributed by atoms with E-state index in [0.29, 0.717) is 6.42 Å². The highest BCUT2D eigenvalue weighted by Gasteiger charge is 2.36. The molecule has 1 heterocycles. The lowest BCUT2D eigenvalue weighted by Crippen LogP contribution is -2.33. The average molecular weight is 321 g/mol. The van der Waals surface area contributed by atoms with E-state index in [4.69, 9.17) is 11.6 Å². The van der Waals surface area contributed by atoms with Gasteiger partial charge in [0.1, 0.15) is 10.7 Å². The first-order valence-corrected chi connectivity index (χ1v) is 7.85. The van der Waals surface area contributed by atoms with Gasteiger partial charge in [0.05, 0.1) is 10.9 Å². The van der Waals surface area contributed by atoms with Crippen LogP contribution >= 0.6 is 11.6 Å². The van der Waals surface area contributed by atoms with E-state index in [-0.39, 0.29) is 34.8 Å². The van der Waals surface area contributed by atoms with Gasteiger partial charge in [0.2, 0.25) is 15.9 Å². The molecular weight excluding hydrogens is 307 g/mol. The first-order chi connectivity index (χ1) is 9.36. The predicted octanol–water partition coefficient (Wildman–Crippen LogP) is 1.24. The van der Waals surface area contributed by atoms with Crippen molar-refractivity contribution in [2.45, 2.75) is 11.3 Å². The maximum absolute atomic E-state index is 13.0. The number of amides is 1. The molecular formula is C12H14ClFN2O3S. The van der Waals surface area contributed by atoms with Gasteiger partial charge in [-0.2, -0.15) is 4.31 Å². The van der Waals surface area contributed by atoms with Gasteiger partial charge < -0.3 is 5.32 Å². The summed E-state index contributed by atoms with van der Waals surface area (Å²) in [5.41, 5.74) is 0. The summed E-state index contributed by atoms with van der Waals surface area (Å²) in [7, 11) is -2.30. The minimum absolute atomic E-state index is 0.107. The molecule has 0 bridgehead atoms. The van der Waals surface area contributed by atoms with Crippen LogP contribution in [0.15, 0.2) is 23.1 Å². The third-order valence-electron chi connectivity index (χ3n) is 3.28. The van der Waals surface area contributed by atoms with Crippen molar-refractivity contribution in [3.63, 3.8) is 0 Å². The fraction of sp³-hybridized carbons (Fsp3) is 0.417. The monoisotopic (exact) mass is 320 g/mol. The number of hydrogen-bond donors (Lipinski definition) is 1. The number of nitrogens with one attached hydrogen (secondary N) is 1. The van der Waals surface area contributed by atoms with Gasteiger partial charge in [-0.1, -0.05) is 11.6 Å². The number of benzene rings is 1. The van der Waals surface area contributed by atoms with Crippen LogP contribution in [0.1, 0.15) is 6.42 Å². The summed E-state index contributed by atoms with van der Waals surface area (Å²) in [5.74, 6) is -1.15. The molecule has 1 aromatic carbocycles. The molecule has 1 atom stereocenters. The van der Waals surface area contributed by atoms with Crippen molar-refractivity contribution in [2.24, 2.45) is 5.92 Å². The lowest BCUT2D eigenvalue weighted by atomic mass is 10.1. The van der Waals surface area contributed by atoms with Crippen LogP contribution in [0, 0.1) is 11.7 Å². The maximum atomic E-state index is 13.0. The van der Waals surface area contributed by atoms with E-state index in [2.05, 4.69) is 5.32 Å². The summed E-state index contributed by atoms with van der Waals surface area (Å²) in [5, 5.41) is 2.34. The van der Waals surface area contributed by atoms with Crippen LogP contribution in [0.4, 0.5) is 4.39 Å². The van der Waals surface area contributed by atoms with E-state index in [0.717, 1.165) is 18.2 Å². The molecule has 0 spiro atoms. The zero-order valence-electron chi connectivity index (χ0n) is 10.8. The molecule has 110 valence electrons. The van der Waals surface area contributed by atoms with E-state index in [9.17, 15) is 17.6 Å². The van der Waals surface area contributed by atoms with E-state index in [1.54, 1.807) is 0 Å². The molecule has 0 radical (unpaired) electrons. The Hall–Kier alpha value is -1.18. The number of sulfonamides is 1. The van der Waals surface area contributed by atoms with Gasteiger partial charge in [-0.15, -0.1) is 0 Å². The number of carbonyl (C=O) groups excluding carboxylic acids is 1. The number of carbonyl (C=O) groups is 1. The summed E-state index contributed by atoms with van der Waals surface area (Å²) in [6.45, 7) is 0.351. The van der Waals surface area contributed by atoms with Crippen molar-refractivity contribution in [2.75, 3.05) is 20.1 Å². The fourth-order valence-corrected chi connectivity index (χ4v) is 4.19. The van der Waals surface area contributed by atoms with E-state index >= 15 is 0 Å². The number of halogens is 2. The SMILES string of the molecule is CNC(=O)C1CCN(S(=O)(=O)c2ccc(F)cc2Cl)C1. The summed E-state index contributed by atoms with van der Waals surface area (Å²) < 4.78 is 39.0. The highest BCUT2D eigenvalue weighted by molar-refractivity contribution is 7.89. The van der Waals surface area contributed by atoms with Crippen LogP contribution < -0.4 is 5.32 Å². The lowest BCUT2D eigenvalue weighted by Gasteiger charge is -2.17. The molecule has 20 heavy (non-hydrogen) atoms. The summed E-state index contributed by atoms with van der Waals surface area (Å²) in [6.07, 6.45) is 0.456. The van der Waals surface area contributed by atoms with Gasteiger partial charge in [0.25, 0.3) is 0 Å². The Morgan fingerprint density at radius 1 is 1.50 bits per heavy atom. The molecule has 8 heteroatoms. The van der Waals surface area contributed by atoms with Crippen LogP contribution in [0.5, 0.6) is 0 Å². The van der Waals surface area contributed by atoms with Gasteiger partial charge in [-0.05, 0) is 24.6 Å². The van der Waals surface area contributed by atoms with Gasteiger partial charge in [0, 0.05) is 20.1 Å². The van der Waals surface area contributed by atoms with Crippen LogP contribution in [0.3, 0.4) is 0 Å². The molecule has 0 saturated carbocycles. The molecule has 5 nitrogen and oxygen atoms in total. The number of nitrogens with zero attached hydrogens (tertiary/aromatic N) is 1. The average Bonchev–Trinajstić information content (AvgIpc) is 2.87. The van der Waals surface area contributed by atoms with Crippen LogP contribution in [0.2, 0.25) is 5.02 Å². The second-order valence-electron chi connectivity index (χ2n) is 4.54. The molecule has 1 aliphatic heterocycles. The Kier molecular flexibility index (Phi) is 4.31. The van der Waals surface area contributed by atoms with Crippen molar-refractivity contribution in [3.05, 3.63) is 29.0 Å². The van der Waals surface area contributed by atoms with Gasteiger partial charge in [-0.25, -0.2) is 12.8 Å². The highest BCUT2D eigenvalue weighted by Crippen LogP contribution is 2.29. The molecule has 0 aliphatic carbocycles. The van der Waals surface area contributed by atoms with E-state index < -0.39 is 15.8 Å². The van der Waals surface area contributed by atoms with Gasteiger partial charge in [0.15, 0.2) is 0 Å². The first kappa shape index (κ1) is 15.2. The minimum atomic E-state index is -3.81. The minimum Gasteiger partial charge on any atom is -0.359 e. The van der Waals surface area contributed by atoms with Crippen molar-refractivity contribution >= 4 is 27.5 Å². The quantitative estimate of drug-likeness (QED) is 0.911. The highest BCUT2D eigenvalue weighted by atomic mass is 35.5. The smallest absolute Gasteiger partial charge is 0.244 e. The van der Waals surface area contributed by atoms with Crippen molar-refractivity contribution in [1.29, 1.82) is 0 Å². The number of hydrogen-bond acceptors (Lipinski definition) is 3. The van der Waals surface area contributed by atoms with Crippen LogP contribution in [-0.4, -0.2) is 38.8 Å². The van der Waals surface area contributed by atoms with E-state index in [1.165, 1.54) is 11.4 Å². The standard InChI is InChI=1S/C12H14ClFN2O3S/c1-15-12(17)8-4-5-16(7-8)20(18,19)11-3-2-9(14)6-10(11)13/h2-3,6,8H,4-5,7H2,1H3,(H,15,17). The second kappa shape index (κ2) is 5.67. The third-order valence-corrected chi connectivity index (χ3v) is 5.63.